The fourth-order valence-electron chi connectivity index (χ4n) is 1.65. The van der Waals surface area contributed by atoms with Crippen molar-refractivity contribution in [1.82, 2.24) is 10.3 Å². The number of carboxylic acid groups (broad SMARTS) is 1. The molecule has 0 fully saturated rings. The molecule has 2 aromatic rings. The van der Waals surface area contributed by atoms with Gasteiger partial charge in [0.05, 0.1) is 18.5 Å². The van der Waals surface area contributed by atoms with E-state index < -0.39 is 5.97 Å². The van der Waals surface area contributed by atoms with Crippen LogP contribution in [0.2, 0.25) is 0 Å². The van der Waals surface area contributed by atoms with Gasteiger partial charge in [-0.05, 0) is 25.1 Å². The van der Waals surface area contributed by atoms with Gasteiger partial charge in [0.2, 0.25) is 0 Å². The number of furan rings is 1. The number of carbonyl (C=O) groups is 1. The summed E-state index contributed by atoms with van der Waals surface area (Å²) in [4.78, 5) is 15.1. The lowest BCUT2D eigenvalue weighted by atomic mass is 10.2. The lowest BCUT2D eigenvalue weighted by Gasteiger charge is -2.12. The summed E-state index contributed by atoms with van der Waals surface area (Å²) >= 11 is 0. The summed E-state index contributed by atoms with van der Waals surface area (Å²) < 4.78 is 5.15. The molecule has 0 spiro atoms. The van der Waals surface area contributed by atoms with Gasteiger partial charge in [0.15, 0.2) is 0 Å². The first kappa shape index (κ1) is 12.3. The summed E-state index contributed by atoms with van der Waals surface area (Å²) in [5.74, 6) is -0.559. The van der Waals surface area contributed by atoms with Gasteiger partial charge in [0, 0.05) is 12.2 Å². The zero-order valence-electron chi connectivity index (χ0n) is 9.96. The number of carboxylic acids is 1. The van der Waals surface area contributed by atoms with Gasteiger partial charge in [0.1, 0.15) is 11.3 Å². The summed E-state index contributed by atoms with van der Waals surface area (Å²) in [5, 5.41) is 12.1. The Hall–Kier alpha value is -2.14. The van der Waals surface area contributed by atoms with Crippen LogP contribution in [0.15, 0.2) is 41.1 Å². The third-order valence-electron chi connectivity index (χ3n) is 2.68. The highest BCUT2D eigenvalue weighted by Gasteiger charge is 2.14. The molecule has 0 aliphatic carbocycles. The van der Waals surface area contributed by atoms with Gasteiger partial charge in [0.25, 0.3) is 0 Å². The Balaban J connectivity index is 1.99. The van der Waals surface area contributed by atoms with Gasteiger partial charge < -0.3 is 14.8 Å². The van der Waals surface area contributed by atoms with Gasteiger partial charge in [-0.3, -0.25) is 4.98 Å². The van der Waals surface area contributed by atoms with Crippen molar-refractivity contribution in [2.75, 3.05) is 0 Å². The van der Waals surface area contributed by atoms with Crippen LogP contribution in [0.3, 0.4) is 0 Å². The van der Waals surface area contributed by atoms with Gasteiger partial charge in [-0.1, -0.05) is 6.07 Å². The fourth-order valence-corrected chi connectivity index (χ4v) is 1.65. The molecule has 0 aliphatic heterocycles. The second-order valence-corrected chi connectivity index (χ2v) is 3.92. The third-order valence-corrected chi connectivity index (χ3v) is 2.68. The summed E-state index contributed by atoms with van der Waals surface area (Å²) in [6, 6.07) is 7.15. The SMILES string of the molecule is C[C@@H](NCc1occc1C(=O)O)c1ccccn1. The lowest BCUT2D eigenvalue weighted by Crippen LogP contribution is -2.19. The number of aromatic carboxylic acids is 1. The van der Waals surface area contributed by atoms with Crippen LogP contribution in [0.1, 0.15) is 34.8 Å². The maximum Gasteiger partial charge on any atom is 0.339 e. The van der Waals surface area contributed by atoms with E-state index in [1.54, 1.807) is 6.20 Å². The molecule has 2 rings (SSSR count). The van der Waals surface area contributed by atoms with Crippen molar-refractivity contribution in [3.05, 3.63) is 53.7 Å². The van der Waals surface area contributed by atoms with Crippen molar-refractivity contribution in [2.45, 2.75) is 19.5 Å². The van der Waals surface area contributed by atoms with Crippen molar-refractivity contribution >= 4 is 5.97 Å². The van der Waals surface area contributed by atoms with E-state index >= 15 is 0 Å². The Morgan fingerprint density at radius 3 is 3.00 bits per heavy atom. The largest absolute Gasteiger partial charge is 0.478 e. The second kappa shape index (κ2) is 5.46. The van der Waals surface area contributed by atoms with Gasteiger partial charge in [-0.2, -0.15) is 0 Å². The number of nitrogens with one attached hydrogen (secondary N) is 1. The first-order chi connectivity index (χ1) is 8.68. The summed E-state index contributed by atoms with van der Waals surface area (Å²) in [6.45, 7) is 2.32. The third kappa shape index (κ3) is 2.75. The molecule has 2 heterocycles. The molecule has 2 N–H and O–H groups in total. The quantitative estimate of drug-likeness (QED) is 0.846. The Kier molecular flexibility index (Phi) is 3.74. The summed E-state index contributed by atoms with van der Waals surface area (Å²) in [5.41, 5.74) is 1.09. The van der Waals surface area contributed by atoms with E-state index in [1.165, 1.54) is 12.3 Å². The fraction of sp³-hybridized carbons (Fsp3) is 0.231. The zero-order valence-corrected chi connectivity index (χ0v) is 9.96. The van der Waals surface area contributed by atoms with Gasteiger partial charge in [-0.25, -0.2) is 4.79 Å². The molecular weight excluding hydrogens is 232 g/mol. The van der Waals surface area contributed by atoms with Crippen molar-refractivity contribution in [3.63, 3.8) is 0 Å². The molecule has 0 unspecified atom stereocenters. The number of hydrogen-bond acceptors (Lipinski definition) is 4. The van der Waals surface area contributed by atoms with Crippen LogP contribution in [0.25, 0.3) is 0 Å². The highest BCUT2D eigenvalue weighted by atomic mass is 16.4. The second-order valence-electron chi connectivity index (χ2n) is 3.92. The predicted molar refractivity (Wildman–Crippen MR) is 65.2 cm³/mol. The van der Waals surface area contributed by atoms with Crippen molar-refractivity contribution in [3.8, 4) is 0 Å². The van der Waals surface area contributed by atoms with Crippen LogP contribution in [0, 0.1) is 0 Å². The normalized spacial score (nSPS) is 12.3. The van der Waals surface area contributed by atoms with E-state index in [0.29, 0.717) is 12.3 Å². The zero-order chi connectivity index (χ0) is 13.0. The van der Waals surface area contributed by atoms with Crippen molar-refractivity contribution in [1.29, 1.82) is 0 Å². The minimum Gasteiger partial charge on any atom is -0.478 e. The minimum absolute atomic E-state index is 0.0259. The number of nitrogens with zero attached hydrogens (tertiary/aromatic N) is 1. The molecule has 94 valence electrons. The smallest absolute Gasteiger partial charge is 0.339 e. The summed E-state index contributed by atoms with van der Waals surface area (Å²) in [6.07, 6.45) is 3.11. The van der Waals surface area contributed by atoms with E-state index in [4.69, 9.17) is 9.52 Å². The number of aromatic nitrogens is 1. The van der Waals surface area contributed by atoms with E-state index in [9.17, 15) is 4.79 Å². The molecule has 0 aliphatic rings. The molecule has 5 heteroatoms. The van der Waals surface area contributed by atoms with Crippen LogP contribution in [0.4, 0.5) is 0 Å². The predicted octanol–water partition coefficient (Wildman–Crippen LogP) is 2.22. The van der Waals surface area contributed by atoms with E-state index in [1.807, 2.05) is 25.1 Å². The molecule has 0 saturated heterocycles. The van der Waals surface area contributed by atoms with Crippen LogP contribution in [-0.4, -0.2) is 16.1 Å². The minimum atomic E-state index is -0.981. The van der Waals surface area contributed by atoms with E-state index in [2.05, 4.69) is 10.3 Å². The number of pyridine rings is 1. The Labute approximate surface area is 104 Å². The molecule has 5 nitrogen and oxygen atoms in total. The van der Waals surface area contributed by atoms with Crippen LogP contribution >= 0.6 is 0 Å². The summed E-state index contributed by atoms with van der Waals surface area (Å²) in [7, 11) is 0. The van der Waals surface area contributed by atoms with Crippen molar-refractivity contribution < 1.29 is 14.3 Å². The Morgan fingerprint density at radius 1 is 1.50 bits per heavy atom. The average molecular weight is 246 g/mol. The van der Waals surface area contributed by atoms with Crippen LogP contribution in [0.5, 0.6) is 0 Å². The average Bonchev–Trinajstić information content (AvgIpc) is 2.85. The van der Waals surface area contributed by atoms with Gasteiger partial charge >= 0.3 is 5.97 Å². The standard InChI is InChI=1S/C13H14N2O3/c1-9(11-4-2-3-6-14-11)15-8-12-10(13(16)17)5-7-18-12/h2-7,9,15H,8H2,1H3,(H,16,17)/t9-/m1/s1. The van der Waals surface area contributed by atoms with Gasteiger partial charge in [-0.15, -0.1) is 0 Å². The monoisotopic (exact) mass is 246 g/mol. The maximum atomic E-state index is 10.9. The highest BCUT2D eigenvalue weighted by Crippen LogP contribution is 2.13. The van der Waals surface area contributed by atoms with Crippen LogP contribution in [-0.2, 0) is 6.54 Å². The highest BCUT2D eigenvalue weighted by molar-refractivity contribution is 5.88. The maximum absolute atomic E-state index is 10.9. The molecule has 0 bridgehead atoms. The van der Waals surface area contributed by atoms with Crippen LogP contribution < -0.4 is 5.32 Å². The Morgan fingerprint density at radius 2 is 2.33 bits per heavy atom. The first-order valence-corrected chi connectivity index (χ1v) is 5.62. The molecule has 0 radical (unpaired) electrons. The molecule has 2 aromatic heterocycles. The molecule has 18 heavy (non-hydrogen) atoms. The Bertz CT molecular complexity index is 522. The first-order valence-electron chi connectivity index (χ1n) is 5.62. The van der Waals surface area contributed by atoms with E-state index in [-0.39, 0.29) is 11.6 Å². The topological polar surface area (TPSA) is 75.4 Å². The molecule has 1 atom stereocenters. The lowest BCUT2D eigenvalue weighted by molar-refractivity contribution is 0.0694. The number of hydrogen-bond donors (Lipinski definition) is 2. The molecule has 0 aromatic carbocycles. The molecular formula is C13H14N2O3. The molecule has 0 amide bonds. The van der Waals surface area contributed by atoms with E-state index in [0.717, 1.165) is 5.69 Å². The van der Waals surface area contributed by atoms with Crippen molar-refractivity contribution in [2.24, 2.45) is 0 Å². The molecule has 0 saturated carbocycles. The number of rotatable bonds is 5.